The van der Waals surface area contributed by atoms with Crippen LogP contribution in [0.4, 0.5) is 5.69 Å². The topological polar surface area (TPSA) is 105 Å². The smallest absolute Gasteiger partial charge is 0.244 e. The van der Waals surface area contributed by atoms with Crippen LogP contribution in [0.3, 0.4) is 0 Å². The van der Waals surface area contributed by atoms with Crippen molar-refractivity contribution in [3.63, 3.8) is 0 Å². The van der Waals surface area contributed by atoms with E-state index >= 15 is 0 Å². The summed E-state index contributed by atoms with van der Waals surface area (Å²) in [5.41, 5.74) is 1.77. The number of rotatable bonds is 14. The molecule has 11 heteroatoms. The quantitative estimate of drug-likeness (QED) is 0.282. The molecule has 3 aromatic rings. The van der Waals surface area contributed by atoms with Crippen LogP contribution in [0.2, 0.25) is 5.02 Å². The first-order chi connectivity index (χ1) is 20.0. The highest BCUT2D eigenvalue weighted by molar-refractivity contribution is 7.92. The minimum absolute atomic E-state index is 0.0361. The second-order valence-electron chi connectivity index (χ2n) is 9.98. The summed E-state index contributed by atoms with van der Waals surface area (Å²) in [4.78, 5) is 29.3. The number of methoxy groups -OCH3 is 2. The van der Waals surface area contributed by atoms with Crippen LogP contribution in [0.5, 0.6) is 11.5 Å². The van der Waals surface area contributed by atoms with E-state index in [4.69, 9.17) is 21.1 Å². The fourth-order valence-electron chi connectivity index (χ4n) is 4.42. The van der Waals surface area contributed by atoms with Crippen molar-refractivity contribution in [1.29, 1.82) is 0 Å². The first kappa shape index (κ1) is 32.8. The van der Waals surface area contributed by atoms with Crippen LogP contribution in [0.15, 0.2) is 72.8 Å². The molecule has 3 rings (SSSR count). The first-order valence-corrected chi connectivity index (χ1v) is 15.8. The van der Waals surface area contributed by atoms with Crippen molar-refractivity contribution in [2.24, 2.45) is 0 Å². The number of ether oxygens (including phenoxy) is 2. The van der Waals surface area contributed by atoms with E-state index in [1.54, 1.807) is 30.3 Å². The number of amides is 2. The lowest BCUT2D eigenvalue weighted by atomic mass is 10.0. The van der Waals surface area contributed by atoms with Crippen LogP contribution in [0.1, 0.15) is 31.4 Å². The first-order valence-electron chi connectivity index (χ1n) is 13.5. The summed E-state index contributed by atoms with van der Waals surface area (Å²) >= 11 is 6.25. The lowest BCUT2D eigenvalue weighted by Gasteiger charge is -2.34. The number of hydrogen-bond donors (Lipinski definition) is 1. The Morgan fingerprint density at radius 1 is 0.929 bits per heavy atom. The van der Waals surface area contributed by atoms with Gasteiger partial charge >= 0.3 is 0 Å². The van der Waals surface area contributed by atoms with Crippen LogP contribution >= 0.6 is 11.6 Å². The summed E-state index contributed by atoms with van der Waals surface area (Å²) in [6.07, 6.45) is 1.95. The Morgan fingerprint density at radius 3 is 2.19 bits per heavy atom. The Labute approximate surface area is 253 Å². The van der Waals surface area contributed by atoms with Crippen molar-refractivity contribution < 1.29 is 27.5 Å². The van der Waals surface area contributed by atoms with Crippen molar-refractivity contribution in [1.82, 2.24) is 10.2 Å². The minimum atomic E-state index is -3.93. The summed E-state index contributed by atoms with van der Waals surface area (Å²) in [5.74, 6) is -0.175. The number of hydrogen-bond acceptors (Lipinski definition) is 6. The van der Waals surface area contributed by atoms with Gasteiger partial charge in [-0.15, -0.1) is 0 Å². The molecule has 2 amide bonds. The molecule has 226 valence electrons. The Morgan fingerprint density at radius 2 is 1.60 bits per heavy atom. The van der Waals surface area contributed by atoms with Gasteiger partial charge in [0.15, 0.2) is 11.5 Å². The maximum absolute atomic E-state index is 14.2. The number of carbonyl (C=O) groups is 2. The molecule has 0 aliphatic rings. The van der Waals surface area contributed by atoms with Crippen molar-refractivity contribution in [2.75, 3.05) is 31.3 Å². The molecule has 0 saturated heterocycles. The normalized spacial score (nSPS) is 12.6. The zero-order valence-electron chi connectivity index (χ0n) is 24.5. The SMILES string of the molecule is CC[C@@H](C)NC(=O)[C@H](Cc1ccccc1)N(Cc1cccc(Cl)c1)C(=O)CN(c1ccc(OC)c(OC)c1)S(C)(=O)=O. The lowest BCUT2D eigenvalue weighted by molar-refractivity contribution is -0.140. The Hall–Kier alpha value is -3.76. The van der Waals surface area contributed by atoms with Crippen LogP contribution in [-0.4, -0.2) is 64.2 Å². The average Bonchev–Trinajstić information content (AvgIpc) is 2.97. The van der Waals surface area contributed by atoms with E-state index < -0.39 is 28.5 Å². The van der Waals surface area contributed by atoms with Crippen LogP contribution in [-0.2, 0) is 32.6 Å². The van der Waals surface area contributed by atoms with E-state index in [1.807, 2.05) is 44.2 Å². The van der Waals surface area contributed by atoms with Gasteiger partial charge in [-0.1, -0.05) is 61.0 Å². The van der Waals surface area contributed by atoms with Crippen molar-refractivity contribution in [2.45, 2.75) is 45.3 Å². The predicted molar refractivity (Wildman–Crippen MR) is 166 cm³/mol. The van der Waals surface area contributed by atoms with Gasteiger partial charge in [0.25, 0.3) is 0 Å². The molecule has 0 aliphatic heterocycles. The van der Waals surface area contributed by atoms with Gasteiger partial charge in [-0.2, -0.15) is 0 Å². The third-order valence-electron chi connectivity index (χ3n) is 6.85. The molecule has 0 aromatic heterocycles. The third-order valence-corrected chi connectivity index (χ3v) is 8.22. The second-order valence-corrected chi connectivity index (χ2v) is 12.3. The van der Waals surface area contributed by atoms with Gasteiger partial charge < -0.3 is 19.7 Å². The molecule has 1 N–H and O–H groups in total. The number of carbonyl (C=O) groups excluding carboxylic acids is 2. The Balaban J connectivity index is 2.08. The summed E-state index contributed by atoms with van der Waals surface area (Å²) in [7, 11) is -1.02. The fourth-order valence-corrected chi connectivity index (χ4v) is 5.48. The molecule has 0 spiro atoms. The Kier molecular flexibility index (Phi) is 11.6. The average molecular weight is 616 g/mol. The van der Waals surface area contributed by atoms with Crippen LogP contribution in [0, 0.1) is 0 Å². The summed E-state index contributed by atoms with van der Waals surface area (Å²) < 4.78 is 37.7. The van der Waals surface area contributed by atoms with Gasteiger partial charge in [-0.05, 0) is 48.7 Å². The summed E-state index contributed by atoms with van der Waals surface area (Å²) in [5, 5.41) is 3.48. The number of nitrogens with zero attached hydrogens (tertiary/aromatic N) is 2. The van der Waals surface area contributed by atoms with Crippen LogP contribution < -0.4 is 19.1 Å². The highest BCUT2D eigenvalue weighted by Gasteiger charge is 2.33. The number of benzene rings is 3. The molecule has 9 nitrogen and oxygen atoms in total. The zero-order valence-corrected chi connectivity index (χ0v) is 26.1. The molecule has 0 bridgehead atoms. The van der Waals surface area contributed by atoms with Crippen molar-refractivity contribution in [3.05, 3.63) is 88.9 Å². The molecule has 42 heavy (non-hydrogen) atoms. The Bertz CT molecular complexity index is 1470. The molecule has 0 heterocycles. The number of halogens is 1. The summed E-state index contributed by atoms with van der Waals surface area (Å²) in [6, 6.07) is 19.9. The van der Waals surface area contributed by atoms with Gasteiger partial charge in [0.1, 0.15) is 12.6 Å². The minimum Gasteiger partial charge on any atom is -0.493 e. The number of sulfonamides is 1. The predicted octanol–water partition coefficient (Wildman–Crippen LogP) is 4.68. The lowest BCUT2D eigenvalue weighted by Crippen LogP contribution is -2.54. The monoisotopic (exact) mass is 615 g/mol. The van der Waals surface area contributed by atoms with Gasteiger partial charge in [0.2, 0.25) is 21.8 Å². The largest absolute Gasteiger partial charge is 0.493 e. The fraction of sp³-hybridized carbons (Fsp3) is 0.355. The van der Waals surface area contributed by atoms with Crippen LogP contribution in [0.25, 0.3) is 0 Å². The van der Waals surface area contributed by atoms with Crippen molar-refractivity contribution in [3.8, 4) is 11.5 Å². The molecular weight excluding hydrogens is 578 g/mol. The number of anilines is 1. The molecule has 0 saturated carbocycles. The zero-order chi connectivity index (χ0) is 30.9. The molecule has 3 aromatic carbocycles. The molecule has 0 unspecified atom stereocenters. The highest BCUT2D eigenvalue weighted by Crippen LogP contribution is 2.32. The maximum atomic E-state index is 14.2. The van der Waals surface area contributed by atoms with Gasteiger partial charge in [0.05, 0.1) is 26.2 Å². The molecular formula is C31H38ClN3O6S. The van der Waals surface area contributed by atoms with E-state index in [2.05, 4.69) is 5.32 Å². The molecule has 0 radical (unpaired) electrons. The van der Waals surface area contributed by atoms with E-state index in [0.29, 0.717) is 28.5 Å². The van der Waals surface area contributed by atoms with E-state index in [-0.39, 0.29) is 30.6 Å². The third kappa shape index (κ3) is 8.87. The highest BCUT2D eigenvalue weighted by atomic mass is 35.5. The van der Waals surface area contributed by atoms with E-state index in [9.17, 15) is 18.0 Å². The van der Waals surface area contributed by atoms with Gasteiger partial charge in [-0.3, -0.25) is 13.9 Å². The standard InChI is InChI=1S/C31H38ClN3O6S/c1-6-22(2)33-31(37)27(18-23-11-8-7-9-12-23)34(20-24-13-10-14-25(32)17-24)30(36)21-35(42(5,38)39)26-15-16-28(40-3)29(19-26)41-4/h7-17,19,22,27H,6,18,20-21H2,1-5H3,(H,33,37)/t22-,27+/m1/s1. The molecule has 0 fully saturated rings. The maximum Gasteiger partial charge on any atom is 0.244 e. The van der Waals surface area contributed by atoms with Gasteiger partial charge in [-0.25, -0.2) is 8.42 Å². The van der Waals surface area contributed by atoms with Gasteiger partial charge in [0, 0.05) is 30.1 Å². The summed E-state index contributed by atoms with van der Waals surface area (Å²) in [6.45, 7) is 3.34. The van der Waals surface area contributed by atoms with Crippen molar-refractivity contribution >= 4 is 39.1 Å². The molecule has 2 atom stereocenters. The molecule has 0 aliphatic carbocycles. The number of nitrogens with one attached hydrogen (secondary N) is 1. The second kappa shape index (κ2) is 14.9. The van der Waals surface area contributed by atoms with E-state index in [0.717, 1.165) is 16.1 Å². The van der Waals surface area contributed by atoms with E-state index in [1.165, 1.54) is 31.3 Å².